The molecule has 0 amide bonds. The molecule has 0 aromatic heterocycles. The number of likely N-dealkylation sites (N-methyl/N-ethyl adjacent to an activating group) is 1. The number of hydrogen-bond acceptors (Lipinski definition) is 6. The maximum Gasteiger partial charge on any atom is 0.472 e. The zero-order valence-corrected chi connectivity index (χ0v) is 51.8. The number of phosphoric acid groups is 1. The fourth-order valence-corrected chi connectivity index (χ4v) is 11.1. The number of hydrogen-bond donors (Lipinski definition) is 1. The van der Waals surface area contributed by atoms with Gasteiger partial charge in [0.2, 0.25) is 0 Å². The molecule has 0 heterocycles. The highest BCUT2D eigenvalue weighted by Crippen LogP contribution is 2.43. The fourth-order valence-electron chi connectivity index (χ4n) is 10.3. The van der Waals surface area contributed by atoms with Crippen LogP contribution in [0.3, 0.4) is 0 Å². The normalized spacial score (nSPS) is 13.2. The summed E-state index contributed by atoms with van der Waals surface area (Å²) < 4.78 is 35.4. The molecule has 0 aromatic carbocycles. The first-order valence-corrected chi connectivity index (χ1v) is 34.8. The smallest absolute Gasteiger partial charge is 0.457 e. The minimum absolute atomic E-state index is 0.0946. The van der Waals surface area contributed by atoms with Gasteiger partial charge < -0.3 is 18.9 Å². The molecule has 0 aliphatic heterocycles. The second kappa shape index (κ2) is 58.6. The molecule has 0 aliphatic carbocycles. The van der Waals surface area contributed by atoms with Crippen molar-refractivity contribution < 1.29 is 37.3 Å². The summed E-state index contributed by atoms with van der Waals surface area (Å²) >= 11 is 0. The number of unbranched alkanes of at least 4 members (excludes halogenated alkanes) is 50. The van der Waals surface area contributed by atoms with Gasteiger partial charge in [-0.3, -0.25) is 13.8 Å². The van der Waals surface area contributed by atoms with Crippen LogP contribution in [0, 0.1) is 0 Å². The number of ether oxygens (including phenoxy) is 2. The first kappa shape index (κ1) is 73.5. The Labute approximate surface area is 463 Å². The monoisotopic (exact) mass is 1070 g/mol. The molecule has 2 atom stereocenters. The zero-order valence-electron chi connectivity index (χ0n) is 50.9. The summed E-state index contributed by atoms with van der Waals surface area (Å²) in [6.07, 6.45) is 70.7. The topological polar surface area (TPSA) is 91.3 Å². The van der Waals surface area contributed by atoms with Crippen LogP contribution in [0.25, 0.3) is 0 Å². The Balaban J connectivity index is 3.85. The summed E-state index contributed by atoms with van der Waals surface area (Å²) in [5.74, 6) is -0.301. The first-order valence-electron chi connectivity index (χ1n) is 33.3. The van der Waals surface area contributed by atoms with Crippen molar-refractivity contribution in [1.29, 1.82) is 0 Å². The van der Waals surface area contributed by atoms with E-state index in [1.54, 1.807) is 0 Å². The van der Waals surface area contributed by atoms with Gasteiger partial charge in [0.15, 0.2) is 0 Å². The van der Waals surface area contributed by atoms with E-state index in [1.165, 1.54) is 302 Å². The molecule has 0 saturated carbocycles. The van der Waals surface area contributed by atoms with E-state index in [2.05, 4.69) is 13.8 Å². The van der Waals surface area contributed by atoms with Gasteiger partial charge in [-0.2, -0.15) is 0 Å². The SMILES string of the molecule is CCCCCCCCCCCCCCCCCCCCCCCCCCCCCCCCCCCCC(=O)O[C@H](COCCCCCCCCCCCCCCCCCCCC)COP(=O)(O)OCC[N+](C)(C)C. The molecule has 0 radical (unpaired) electrons. The molecule has 0 aliphatic rings. The van der Waals surface area contributed by atoms with E-state index in [1.807, 2.05) is 21.1 Å². The first-order chi connectivity index (χ1) is 36.1. The highest BCUT2D eigenvalue weighted by molar-refractivity contribution is 7.47. The van der Waals surface area contributed by atoms with E-state index in [0.717, 1.165) is 32.1 Å². The van der Waals surface area contributed by atoms with Crippen LogP contribution >= 0.6 is 7.82 Å². The number of quaternary nitrogens is 1. The van der Waals surface area contributed by atoms with E-state index >= 15 is 0 Å². The fraction of sp³-hybridized carbons (Fsp3) is 0.985. The highest BCUT2D eigenvalue weighted by Gasteiger charge is 2.26. The lowest BCUT2D eigenvalue weighted by Crippen LogP contribution is -2.37. The second-order valence-electron chi connectivity index (χ2n) is 24.2. The Kier molecular flexibility index (Phi) is 58.2. The quantitative estimate of drug-likeness (QED) is 0.0281. The summed E-state index contributed by atoms with van der Waals surface area (Å²) in [5.41, 5.74) is 0. The summed E-state index contributed by atoms with van der Waals surface area (Å²) in [7, 11) is 1.70. The summed E-state index contributed by atoms with van der Waals surface area (Å²) in [4.78, 5) is 23.1. The van der Waals surface area contributed by atoms with Crippen LogP contribution in [0.15, 0.2) is 0 Å². The van der Waals surface area contributed by atoms with Gasteiger partial charge >= 0.3 is 13.8 Å². The van der Waals surface area contributed by atoms with Crippen molar-refractivity contribution in [3.8, 4) is 0 Å². The third-order valence-electron chi connectivity index (χ3n) is 15.4. The molecule has 74 heavy (non-hydrogen) atoms. The summed E-state index contributed by atoms with van der Waals surface area (Å²) in [6, 6.07) is 0. The Hall–Kier alpha value is -0.500. The highest BCUT2D eigenvalue weighted by atomic mass is 31.2. The number of phosphoric ester groups is 1. The molecule has 1 N–H and O–H groups in total. The van der Waals surface area contributed by atoms with E-state index in [9.17, 15) is 14.3 Å². The van der Waals surface area contributed by atoms with E-state index in [-0.39, 0.29) is 25.8 Å². The zero-order chi connectivity index (χ0) is 54.0. The number of esters is 1. The van der Waals surface area contributed by atoms with Crippen LogP contribution in [0.4, 0.5) is 0 Å². The van der Waals surface area contributed by atoms with Gasteiger partial charge in [-0.05, 0) is 12.8 Å². The van der Waals surface area contributed by atoms with Gasteiger partial charge in [0, 0.05) is 13.0 Å². The van der Waals surface area contributed by atoms with Crippen molar-refractivity contribution in [2.75, 3.05) is 54.1 Å². The van der Waals surface area contributed by atoms with Crippen molar-refractivity contribution in [3.63, 3.8) is 0 Å². The number of nitrogens with zero attached hydrogens (tertiary/aromatic N) is 1. The molecule has 9 heteroatoms. The van der Waals surface area contributed by atoms with Crippen molar-refractivity contribution in [2.24, 2.45) is 0 Å². The average Bonchev–Trinajstić information content (AvgIpc) is 3.37. The van der Waals surface area contributed by atoms with Crippen LogP contribution in [0.2, 0.25) is 0 Å². The second-order valence-corrected chi connectivity index (χ2v) is 25.7. The lowest BCUT2D eigenvalue weighted by molar-refractivity contribution is -0.870. The Morgan fingerprint density at radius 3 is 0.892 bits per heavy atom. The molecule has 0 rings (SSSR count). The van der Waals surface area contributed by atoms with Gasteiger partial charge in [-0.15, -0.1) is 0 Å². The van der Waals surface area contributed by atoms with Crippen LogP contribution in [0.5, 0.6) is 0 Å². The van der Waals surface area contributed by atoms with Crippen molar-refractivity contribution in [3.05, 3.63) is 0 Å². The van der Waals surface area contributed by atoms with Crippen molar-refractivity contribution in [2.45, 2.75) is 360 Å². The molecule has 8 nitrogen and oxygen atoms in total. The predicted molar refractivity (Wildman–Crippen MR) is 321 cm³/mol. The maximum absolute atomic E-state index is 12.8. The van der Waals surface area contributed by atoms with Gasteiger partial charge in [-0.25, -0.2) is 4.57 Å². The summed E-state index contributed by atoms with van der Waals surface area (Å²) in [6.45, 7) is 5.73. The number of rotatable bonds is 64. The van der Waals surface area contributed by atoms with E-state index < -0.39 is 13.9 Å². The van der Waals surface area contributed by atoms with Gasteiger partial charge in [-0.1, -0.05) is 335 Å². The third-order valence-corrected chi connectivity index (χ3v) is 16.4. The molecule has 0 bridgehead atoms. The molecule has 1 unspecified atom stereocenters. The van der Waals surface area contributed by atoms with E-state index in [4.69, 9.17) is 18.5 Å². The van der Waals surface area contributed by atoms with Crippen molar-refractivity contribution >= 4 is 13.8 Å². The standard InChI is InChI=1S/C65H132NO7P/c1-6-8-10-12-14-16-18-20-22-24-26-27-28-29-30-31-32-33-34-35-36-37-38-39-40-41-42-44-46-48-50-52-54-56-58-65(67)73-64(63-72-74(68,69)71-61-59-66(3,4)5)62-70-60-57-55-53-51-49-47-45-43-25-23-21-19-17-15-13-11-9-7-2/h64H,6-63H2,1-5H3/p+1/t64-/m1/s1. The third kappa shape index (κ3) is 62.3. The Bertz CT molecular complexity index is 1150. The predicted octanol–water partition coefficient (Wildman–Crippen LogP) is 21.5. The lowest BCUT2D eigenvalue weighted by Gasteiger charge is -2.24. The summed E-state index contributed by atoms with van der Waals surface area (Å²) in [5, 5.41) is 0. The average molecular weight is 1070 g/mol. The van der Waals surface area contributed by atoms with Crippen LogP contribution in [-0.2, 0) is 27.9 Å². The minimum atomic E-state index is -4.28. The lowest BCUT2D eigenvalue weighted by atomic mass is 10.0. The molecular weight excluding hydrogens is 938 g/mol. The maximum atomic E-state index is 12.8. The van der Waals surface area contributed by atoms with Crippen LogP contribution in [-0.4, -0.2) is 75.6 Å². The number of carbonyl (C=O) groups is 1. The molecule has 0 fully saturated rings. The van der Waals surface area contributed by atoms with Crippen LogP contribution in [0.1, 0.15) is 354 Å². The number of carbonyl (C=O) groups excluding carboxylic acids is 1. The Morgan fingerprint density at radius 2 is 0.622 bits per heavy atom. The molecule has 0 aromatic rings. The van der Waals surface area contributed by atoms with Crippen LogP contribution < -0.4 is 0 Å². The minimum Gasteiger partial charge on any atom is -0.457 e. The molecular formula is C65H133NO7P+. The Morgan fingerprint density at radius 1 is 0.365 bits per heavy atom. The molecule has 0 spiro atoms. The van der Waals surface area contributed by atoms with Gasteiger partial charge in [0.25, 0.3) is 0 Å². The van der Waals surface area contributed by atoms with E-state index in [0.29, 0.717) is 24.1 Å². The molecule has 0 saturated heterocycles. The van der Waals surface area contributed by atoms with Gasteiger partial charge in [0.05, 0.1) is 34.4 Å². The largest absolute Gasteiger partial charge is 0.472 e. The van der Waals surface area contributed by atoms with Crippen molar-refractivity contribution in [1.82, 2.24) is 0 Å². The van der Waals surface area contributed by atoms with Gasteiger partial charge in [0.1, 0.15) is 19.3 Å². The molecule has 444 valence electrons.